The molecule has 4 rings (SSSR count). The number of rotatable bonds is 3. The van der Waals surface area contributed by atoms with Crippen LogP contribution in [0, 0.1) is 5.92 Å². The van der Waals surface area contributed by atoms with E-state index in [1.807, 2.05) is 24.3 Å². The number of amides is 2. The van der Waals surface area contributed by atoms with Crippen LogP contribution < -0.4 is 10.2 Å². The zero-order chi connectivity index (χ0) is 15.1. The van der Waals surface area contributed by atoms with Crippen molar-refractivity contribution >= 4 is 23.5 Å². The highest BCUT2D eigenvalue weighted by Crippen LogP contribution is 2.31. The molecule has 22 heavy (non-hydrogen) atoms. The highest BCUT2D eigenvalue weighted by atomic mass is 16.4. The number of anilines is 2. The van der Waals surface area contributed by atoms with Gasteiger partial charge in [0.25, 0.3) is 5.91 Å². The molecular weight excluding hydrogens is 282 g/mol. The molecule has 0 saturated heterocycles. The monoisotopic (exact) mass is 297 g/mol. The number of aromatic nitrogens is 1. The van der Waals surface area contributed by atoms with Crippen molar-refractivity contribution in [3.63, 3.8) is 0 Å². The lowest BCUT2D eigenvalue weighted by molar-refractivity contribution is -0.117. The zero-order valence-electron chi connectivity index (χ0n) is 11.9. The summed E-state index contributed by atoms with van der Waals surface area (Å²) >= 11 is 0. The molecule has 1 aromatic carbocycles. The number of carbonyl (C=O) groups is 2. The van der Waals surface area contributed by atoms with Gasteiger partial charge in [0, 0.05) is 18.2 Å². The van der Waals surface area contributed by atoms with Gasteiger partial charge in [0.15, 0.2) is 5.69 Å². The van der Waals surface area contributed by atoms with Crippen LogP contribution in [0.5, 0.6) is 0 Å². The van der Waals surface area contributed by atoms with Gasteiger partial charge in [-0.25, -0.2) is 0 Å². The van der Waals surface area contributed by atoms with Crippen LogP contribution in [0.25, 0.3) is 0 Å². The van der Waals surface area contributed by atoms with E-state index in [0.717, 1.165) is 30.5 Å². The summed E-state index contributed by atoms with van der Waals surface area (Å²) in [6.45, 7) is 0.634. The molecule has 0 radical (unpaired) electrons. The van der Waals surface area contributed by atoms with Crippen LogP contribution >= 0.6 is 0 Å². The van der Waals surface area contributed by atoms with Crippen LogP contribution in [0.3, 0.4) is 0 Å². The zero-order valence-corrected chi connectivity index (χ0v) is 11.9. The molecule has 1 aliphatic heterocycles. The Morgan fingerprint density at radius 1 is 1.27 bits per heavy atom. The lowest BCUT2D eigenvalue weighted by Gasteiger charge is -2.15. The Bertz CT molecular complexity index is 749. The Kier molecular flexibility index (Phi) is 2.96. The van der Waals surface area contributed by atoms with Gasteiger partial charge in [-0.15, -0.1) is 0 Å². The van der Waals surface area contributed by atoms with Gasteiger partial charge in [-0.05, 0) is 30.9 Å². The molecule has 6 nitrogen and oxygen atoms in total. The Balaban J connectivity index is 1.51. The molecule has 1 aliphatic carbocycles. The Hall–Kier alpha value is -2.63. The third kappa shape index (κ3) is 2.26. The predicted octanol–water partition coefficient (Wildman–Crippen LogP) is 2.23. The number of hydrogen-bond acceptors (Lipinski definition) is 4. The van der Waals surface area contributed by atoms with Crippen molar-refractivity contribution in [2.24, 2.45) is 5.92 Å². The summed E-state index contributed by atoms with van der Waals surface area (Å²) < 4.78 is 5.19. The van der Waals surface area contributed by atoms with Crippen molar-refractivity contribution in [2.75, 3.05) is 16.8 Å². The normalized spacial score (nSPS) is 16.5. The first kappa shape index (κ1) is 13.1. The van der Waals surface area contributed by atoms with Gasteiger partial charge in [0.1, 0.15) is 6.26 Å². The first-order valence-electron chi connectivity index (χ1n) is 7.38. The summed E-state index contributed by atoms with van der Waals surface area (Å²) in [4.78, 5) is 30.0. The number of fused-ring (bicyclic) bond motifs is 1. The van der Waals surface area contributed by atoms with Crippen molar-refractivity contribution in [1.82, 2.24) is 4.98 Å². The number of benzene rings is 1. The Morgan fingerprint density at radius 2 is 2.09 bits per heavy atom. The Labute approximate surface area is 127 Å². The van der Waals surface area contributed by atoms with Crippen LogP contribution in [-0.4, -0.2) is 23.3 Å². The van der Waals surface area contributed by atoms with Crippen LogP contribution in [0.2, 0.25) is 0 Å². The molecule has 1 aromatic heterocycles. The summed E-state index contributed by atoms with van der Waals surface area (Å²) in [5, 5.41) is 2.60. The summed E-state index contributed by atoms with van der Waals surface area (Å²) in [5.74, 6) is -0.232. The molecule has 0 atom stereocenters. The van der Waals surface area contributed by atoms with Crippen molar-refractivity contribution in [3.05, 3.63) is 41.8 Å². The van der Waals surface area contributed by atoms with Crippen molar-refractivity contribution < 1.29 is 14.0 Å². The largest absolute Gasteiger partial charge is 0.431 e. The van der Waals surface area contributed by atoms with E-state index in [2.05, 4.69) is 10.3 Å². The van der Waals surface area contributed by atoms with Gasteiger partial charge in [-0.3, -0.25) is 14.9 Å². The van der Waals surface area contributed by atoms with Crippen LogP contribution in [0.1, 0.15) is 28.9 Å². The molecule has 2 amide bonds. The van der Waals surface area contributed by atoms with Gasteiger partial charge in [-0.1, -0.05) is 18.2 Å². The smallest absolute Gasteiger partial charge is 0.302 e. The highest BCUT2D eigenvalue weighted by molar-refractivity contribution is 6.06. The molecule has 2 heterocycles. The van der Waals surface area contributed by atoms with Gasteiger partial charge in [0.05, 0.1) is 0 Å². The summed E-state index contributed by atoms with van der Waals surface area (Å²) in [6, 6.07) is 7.92. The average molecular weight is 297 g/mol. The van der Waals surface area contributed by atoms with E-state index < -0.39 is 0 Å². The van der Waals surface area contributed by atoms with Crippen molar-refractivity contribution in [3.8, 4) is 0 Å². The number of nitrogens with one attached hydrogen (secondary N) is 1. The molecule has 1 N–H and O–H groups in total. The molecule has 2 aromatic rings. The van der Waals surface area contributed by atoms with E-state index in [-0.39, 0.29) is 29.4 Å². The number of para-hydroxylation sites is 1. The highest BCUT2D eigenvalue weighted by Gasteiger charge is 2.31. The molecular formula is C16H15N3O3. The average Bonchev–Trinajstić information content (AvgIpc) is 3.14. The number of carbonyl (C=O) groups excluding carboxylic acids is 2. The fraction of sp³-hybridized carbons (Fsp3) is 0.312. The summed E-state index contributed by atoms with van der Waals surface area (Å²) in [7, 11) is 0. The van der Waals surface area contributed by atoms with Crippen LogP contribution in [-0.2, 0) is 11.2 Å². The molecule has 6 heteroatoms. The molecule has 112 valence electrons. The number of nitrogens with zero attached hydrogens (tertiary/aromatic N) is 2. The molecule has 1 fully saturated rings. The van der Waals surface area contributed by atoms with E-state index in [0.29, 0.717) is 6.54 Å². The third-order valence-corrected chi connectivity index (χ3v) is 4.03. The summed E-state index contributed by atoms with van der Waals surface area (Å²) in [5.41, 5.74) is 2.28. The lowest BCUT2D eigenvalue weighted by Crippen LogP contribution is -2.29. The van der Waals surface area contributed by atoms with Gasteiger partial charge >= 0.3 is 6.01 Å². The molecule has 0 spiro atoms. The first-order valence-corrected chi connectivity index (χ1v) is 7.38. The van der Waals surface area contributed by atoms with E-state index in [1.165, 1.54) is 6.26 Å². The molecule has 2 aliphatic rings. The lowest BCUT2D eigenvalue weighted by atomic mass is 10.2. The first-order chi connectivity index (χ1) is 10.7. The Morgan fingerprint density at radius 3 is 2.91 bits per heavy atom. The van der Waals surface area contributed by atoms with Crippen molar-refractivity contribution in [2.45, 2.75) is 19.3 Å². The van der Waals surface area contributed by atoms with Gasteiger partial charge in [0.2, 0.25) is 5.91 Å². The van der Waals surface area contributed by atoms with E-state index >= 15 is 0 Å². The van der Waals surface area contributed by atoms with Crippen LogP contribution in [0.15, 0.2) is 34.9 Å². The second-order valence-electron chi connectivity index (χ2n) is 5.64. The molecule has 1 saturated carbocycles. The minimum Gasteiger partial charge on any atom is -0.431 e. The fourth-order valence-electron chi connectivity index (χ4n) is 2.67. The second kappa shape index (κ2) is 4.98. The SMILES string of the molecule is O=C(Nc1nc(C(=O)N2CCc3ccccc32)co1)C1CC1. The van der Waals surface area contributed by atoms with E-state index in [1.54, 1.807) is 4.90 Å². The minimum absolute atomic E-state index is 0.0662. The van der Waals surface area contributed by atoms with E-state index in [4.69, 9.17) is 4.42 Å². The molecule has 0 bridgehead atoms. The third-order valence-electron chi connectivity index (χ3n) is 4.03. The maximum Gasteiger partial charge on any atom is 0.302 e. The van der Waals surface area contributed by atoms with E-state index in [9.17, 15) is 9.59 Å². The maximum atomic E-state index is 12.5. The minimum atomic E-state index is -0.208. The maximum absolute atomic E-state index is 12.5. The van der Waals surface area contributed by atoms with Crippen molar-refractivity contribution in [1.29, 1.82) is 0 Å². The predicted molar refractivity (Wildman–Crippen MR) is 79.7 cm³/mol. The van der Waals surface area contributed by atoms with Crippen LogP contribution in [0.4, 0.5) is 11.7 Å². The van der Waals surface area contributed by atoms with Gasteiger partial charge < -0.3 is 9.32 Å². The quantitative estimate of drug-likeness (QED) is 0.942. The topological polar surface area (TPSA) is 75.4 Å². The second-order valence-corrected chi connectivity index (χ2v) is 5.64. The molecule has 0 unspecified atom stereocenters. The fourth-order valence-corrected chi connectivity index (χ4v) is 2.67. The standard InChI is InChI=1S/C16H15N3O3/c20-14(11-5-6-11)18-16-17-12(9-22-16)15(21)19-8-7-10-3-1-2-4-13(10)19/h1-4,9,11H,5-8H2,(H,17,18,20). The summed E-state index contributed by atoms with van der Waals surface area (Å²) in [6.07, 6.45) is 3.95. The van der Waals surface area contributed by atoms with Gasteiger partial charge in [-0.2, -0.15) is 4.98 Å². The number of hydrogen-bond donors (Lipinski definition) is 1. The number of oxazole rings is 1.